The highest BCUT2D eigenvalue weighted by molar-refractivity contribution is 8.29. The van der Waals surface area contributed by atoms with Crippen molar-refractivity contribution in [1.29, 1.82) is 0 Å². The third-order valence-corrected chi connectivity index (χ3v) is 13.2. The molecule has 0 saturated heterocycles. The number of hydrogen-bond donors (Lipinski definition) is 0. The molecule has 0 heterocycles. The Balaban J connectivity index is 8.41. The topological polar surface area (TPSA) is 0 Å². The lowest BCUT2D eigenvalue weighted by molar-refractivity contribution is 3.24. The van der Waals surface area contributed by atoms with E-state index in [1.165, 1.54) is 7.06 Å². The Kier molecular flexibility index (Phi) is 23.5. The standard InChI is InChI=1S/B45H47/c1-25(2)36(23)44(41(30(11)12)31(13)14)38(45(42(32(15)16)33(17)18)43(34(19)20)35(21)22)24-37(39(26(3)4)27(5)6)40(28(7)8)29(9)10/h24H,1-23H2. The first-order valence-corrected chi connectivity index (χ1v) is 20.4. The minimum atomic E-state index is 0.694. The van der Waals surface area contributed by atoms with Crippen molar-refractivity contribution in [3.8, 4) is 0 Å². The summed E-state index contributed by atoms with van der Waals surface area (Å²) in [6.07, 6.45) is 15.1. The zero-order valence-corrected chi connectivity index (χ0v) is 35.8. The number of rotatable bonds is 21. The summed E-state index contributed by atoms with van der Waals surface area (Å²) >= 11 is 0. The van der Waals surface area contributed by atoms with Gasteiger partial charge in [0.05, 0.1) is 178 Å². The van der Waals surface area contributed by atoms with Crippen molar-refractivity contribution in [2.75, 3.05) is 0 Å². The maximum atomic E-state index is 2.68. The van der Waals surface area contributed by atoms with Crippen molar-refractivity contribution >= 4 is 319 Å². The molecule has 0 aromatic heterocycles. The zero-order chi connectivity index (χ0) is 35.8. The molecule has 0 N–H and O–H groups in total. The Morgan fingerprint density at radius 3 is 0.600 bits per heavy atom. The minimum Gasteiger partial charge on any atom is 0.000611 e. The highest BCUT2D eigenvalue weighted by Gasteiger charge is 2.55. The van der Waals surface area contributed by atoms with Gasteiger partial charge in [-0.05, 0) is 0 Å². The van der Waals surface area contributed by atoms with Crippen molar-refractivity contribution in [2.24, 2.45) is 0 Å². The molecule has 0 saturated carbocycles. The van der Waals surface area contributed by atoms with E-state index in [1.54, 1.807) is 0 Å². The predicted molar refractivity (Wildman–Crippen MR) is 324 cm³/mol. The second-order valence-electron chi connectivity index (χ2n) is 20.1. The van der Waals surface area contributed by atoms with Gasteiger partial charge in [0.1, 0.15) is 0 Å². The Morgan fingerprint density at radius 2 is 0.400 bits per heavy atom. The second-order valence-corrected chi connectivity index (χ2v) is 20.1. The monoisotopic (exact) mass is 543 g/mol. The molecule has 0 aromatic rings. The van der Waals surface area contributed by atoms with Gasteiger partial charge in [0.15, 0.2) is 0 Å². The summed E-state index contributed by atoms with van der Waals surface area (Å²) in [5.74, 6) is 0. The second kappa shape index (κ2) is 22.1. The van der Waals surface area contributed by atoms with Crippen LogP contribution in [0.4, 0.5) is 0 Å². The van der Waals surface area contributed by atoms with Crippen molar-refractivity contribution in [1.82, 2.24) is 0 Å². The molecule has 0 unspecified atom stereocenters. The maximum Gasteiger partial charge on any atom is 0.0552 e. The van der Waals surface area contributed by atoms with Gasteiger partial charge in [0.2, 0.25) is 0 Å². The van der Waals surface area contributed by atoms with Gasteiger partial charge in [0.25, 0.3) is 0 Å². The highest BCUT2D eigenvalue weighted by atomic mass is 13.4. The van der Waals surface area contributed by atoms with Gasteiger partial charge < -0.3 is 0 Å². The summed E-state index contributed by atoms with van der Waals surface area (Å²) in [6, 6.07) is 0. The average Bonchev–Trinajstić information content (AvgIpc) is 2.82. The summed E-state index contributed by atoms with van der Waals surface area (Å²) in [6.45, 7) is 0. The largest absolute Gasteiger partial charge is 0.0552 e. The lowest BCUT2D eigenvalue weighted by Crippen LogP contribution is -2.89. The van der Waals surface area contributed by atoms with Crippen LogP contribution in [-0.4, -0.2) is 319 Å². The summed E-state index contributed by atoms with van der Waals surface area (Å²) < 4.78 is 0. The minimum absolute atomic E-state index is 0.694. The SMILES string of the molecule is BB(B)B(B)B(B(BB(B(B(B)B)B(B)B)B(B(B)B)B(B)B)B(B(B(B)B)B(B)B)B(B(B)B)B(B)B)B(B(B)B)B(B)B. The Bertz CT molecular complexity index is 666. The van der Waals surface area contributed by atoms with Crippen LogP contribution in [-0.2, 0) is 0 Å². The molecule has 0 aliphatic carbocycles. The molecule has 0 radical (unpaired) electrons. The smallest absolute Gasteiger partial charge is 0.000611 e. The molecule has 0 aromatic carbocycles. The van der Waals surface area contributed by atoms with Gasteiger partial charge in [-0.1, -0.05) is 0 Å². The average molecular weight is 534 g/mol. The highest BCUT2D eigenvalue weighted by Crippen LogP contribution is 2.16. The fraction of sp³-hybridized carbons (Fsp3) is 0. The molecular formula is H47B45. The van der Waals surface area contributed by atoms with Crippen LogP contribution in [0.25, 0.3) is 0 Å². The van der Waals surface area contributed by atoms with Crippen LogP contribution in [0.2, 0.25) is 0 Å². The molecule has 0 rings (SSSR count). The third-order valence-electron chi connectivity index (χ3n) is 13.2. The molecule has 0 nitrogen and oxygen atoms in total. The summed E-state index contributed by atoms with van der Waals surface area (Å²) in [5, 5.41) is 0. The van der Waals surface area contributed by atoms with Crippen molar-refractivity contribution in [2.45, 2.75) is 0 Å². The van der Waals surface area contributed by atoms with Crippen molar-refractivity contribution in [3.63, 3.8) is 0 Å². The van der Waals surface area contributed by atoms with Gasteiger partial charge in [-0.2, -0.15) is 0 Å². The van der Waals surface area contributed by atoms with Gasteiger partial charge in [0, 0.05) is 141 Å². The Hall–Kier alpha value is 2.92. The van der Waals surface area contributed by atoms with E-state index >= 15 is 0 Å². The van der Waals surface area contributed by atoms with Crippen LogP contribution < -0.4 is 0 Å². The molecule has 45 heteroatoms. The van der Waals surface area contributed by atoms with Crippen LogP contribution in [0.1, 0.15) is 0 Å². The van der Waals surface area contributed by atoms with E-state index in [9.17, 15) is 0 Å². The van der Waals surface area contributed by atoms with E-state index < -0.39 is 0 Å². The summed E-state index contributed by atoms with van der Waals surface area (Å²) in [4.78, 5) is 0. The van der Waals surface area contributed by atoms with E-state index in [0.29, 0.717) is 76.6 Å². The molecule has 0 amide bonds. The van der Waals surface area contributed by atoms with Crippen LogP contribution in [0, 0.1) is 0 Å². The van der Waals surface area contributed by atoms with Crippen LogP contribution in [0.5, 0.6) is 0 Å². The fourth-order valence-electron chi connectivity index (χ4n) is 12.2. The Labute approximate surface area is 316 Å². The molecule has 0 fully saturated rings. The molecule has 0 aliphatic heterocycles. The zero-order valence-electron chi connectivity index (χ0n) is 35.8. The van der Waals surface area contributed by atoms with Gasteiger partial charge in [-0.25, -0.2) is 0 Å². The first kappa shape index (κ1) is 47.9. The lowest BCUT2D eigenvalue weighted by atomic mass is 8.30. The van der Waals surface area contributed by atoms with E-state index in [2.05, 4.69) is 178 Å². The van der Waals surface area contributed by atoms with Gasteiger partial charge >= 0.3 is 0 Å². The molecule has 0 spiro atoms. The molecule has 0 bridgehead atoms. The summed E-state index contributed by atoms with van der Waals surface area (Å²) in [5.41, 5.74) is 0. The predicted octanol–water partition coefficient (Wildman–Crippen LogP) is -29.7. The summed E-state index contributed by atoms with van der Waals surface area (Å²) in [7, 11) is 60.4. The molecule has 0 aliphatic rings. The van der Waals surface area contributed by atoms with Crippen LogP contribution >= 0.6 is 0 Å². The van der Waals surface area contributed by atoms with E-state index in [0.717, 1.165) is 57.5 Å². The number of hydrogen-bond acceptors (Lipinski definition) is 0. The Morgan fingerprint density at radius 1 is 0.200 bits per heavy atom. The van der Waals surface area contributed by atoms with E-state index in [1.807, 2.05) is 0 Å². The van der Waals surface area contributed by atoms with E-state index in [4.69, 9.17) is 0 Å². The van der Waals surface area contributed by atoms with Crippen molar-refractivity contribution < 1.29 is 0 Å². The van der Waals surface area contributed by atoms with E-state index in [-0.39, 0.29) is 0 Å². The van der Waals surface area contributed by atoms with Gasteiger partial charge in [-0.3, -0.25) is 0 Å². The first-order chi connectivity index (χ1) is 20.4. The molecule has 182 valence electrons. The molecule has 0 atom stereocenters. The normalized spacial score (nSPS) is 9.60. The quantitative estimate of drug-likeness (QED) is 0.129. The maximum absolute atomic E-state index is 2.68. The molecular weight excluding hydrogens is 487 g/mol. The fourth-order valence-corrected chi connectivity index (χ4v) is 12.2. The first-order valence-electron chi connectivity index (χ1n) is 20.4. The van der Waals surface area contributed by atoms with Gasteiger partial charge in [-0.15, -0.1) is 0 Å². The lowest BCUT2D eigenvalue weighted by Gasteiger charge is -2.50. The molecule has 45 heavy (non-hydrogen) atoms. The van der Waals surface area contributed by atoms with Crippen LogP contribution in [0.3, 0.4) is 0 Å². The third kappa shape index (κ3) is 13.8. The van der Waals surface area contributed by atoms with Crippen molar-refractivity contribution in [3.05, 3.63) is 0 Å². The van der Waals surface area contributed by atoms with Crippen LogP contribution in [0.15, 0.2) is 0 Å².